The predicted octanol–water partition coefficient (Wildman–Crippen LogP) is 5.66. The van der Waals surface area contributed by atoms with Gasteiger partial charge in [-0.2, -0.15) is 43.9 Å². The van der Waals surface area contributed by atoms with Gasteiger partial charge in [-0.15, -0.1) is 0 Å². The van der Waals surface area contributed by atoms with E-state index in [1.807, 2.05) is 13.8 Å². The van der Waals surface area contributed by atoms with Crippen molar-refractivity contribution >= 4 is 7.26 Å². The second-order valence-electron chi connectivity index (χ2n) is 9.33. The van der Waals surface area contributed by atoms with Gasteiger partial charge in [0.1, 0.15) is 0 Å². The molecule has 2 unspecified atom stereocenters. The molecule has 0 aliphatic heterocycles. The average molecular weight is 633 g/mol. The largest absolute Gasteiger partial charge is 1.00 e. The van der Waals surface area contributed by atoms with Crippen LogP contribution < -0.4 is 12.4 Å². The molecule has 1 aromatic carbocycles. The molecule has 16 heteroatoms. The number of hydrogen-bond acceptors (Lipinski definition) is 2. The van der Waals surface area contributed by atoms with Crippen LogP contribution in [0.3, 0.4) is 0 Å². The van der Waals surface area contributed by atoms with Gasteiger partial charge in [0.2, 0.25) is 0 Å². The third kappa shape index (κ3) is 11.4. The van der Waals surface area contributed by atoms with Crippen LogP contribution in [0.15, 0.2) is 30.3 Å². The van der Waals surface area contributed by atoms with Crippen LogP contribution in [0.2, 0.25) is 0 Å². The molecule has 0 radical (unpaired) electrons. The molecule has 0 N–H and O–H groups in total. The Morgan fingerprint density at radius 2 is 1.08 bits per heavy atom. The van der Waals surface area contributed by atoms with Crippen LogP contribution in [0.4, 0.5) is 52.7 Å². The fourth-order valence-corrected chi connectivity index (χ4v) is 9.07. The summed E-state index contributed by atoms with van der Waals surface area (Å²) < 4.78 is 162. The van der Waals surface area contributed by atoms with Gasteiger partial charge >= 0.3 is 24.2 Å². The van der Waals surface area contributed by atoms with Crippen LogP contribution in [-0.4, -0.2) is 68.6 Å². The lowest BCUT2D eigenvalue weighted by Crippen LogP contribution is -3.00. The highest BCUT2D eigenvalue weighted by Gasteiger charge is 2.65. The van der Waals surface area contributed by atoms with Crippen LogP contribution >= 0.6 is 7.26 Å². The number of rotatable bonds is 16. The van der Waals surface area contributed by atoms with Gasteiger partial charge in [0.25, 0.3) is 12.7 Å². The zero-order chi connectivity index (χ0) is 29.4. The van der Waals surface area contributed by atoms with E-state index >= 15 is 0 Å². The van der Waals surface area contributed by atoms with Crippen molar-refractivity contribution in [1.82, 2.24) is 0 Å². The number of alkyl halides is 12. The fraction of sp³-hybridized carbons (Fsp3) is 0.739. The number of hydrogen-bond donors (Lipinski definition) is 0. The molecule has 1 rings (SSSR count). The third-order valence-electron chi connectivity index (χ3n) is 5.52. The van der Waals surface area contributed by atoms with Crippen LogP contribution in [-0.2, 0) is 15.6 Å². The summed E-state index contributed by atoms with van der Waals surface area (Å²) >= 11 is 0. The maximum Gasteiger partial charge on any atom is 0.459 e. The van der Waals surface area contributed by atoms with Crippen molar-refractivity contribution in [1.29, 1.82) is 0 Å². The first-order valence-electron chi connectivity index (χ1n) is 11.5. The van der Waals surface area contributed by atoms with Gasteiger partial charge in [-0.1, -0.05) is 44.2 Å². The van der Waals surface area contributed by atoms with Gasteiger partial charge in [-0.3, -0.25) is 0 Å². The highest BCUT2D eigenvalue weighted by atomic mass is 35.5. The van der Waals surface area contributed by atoms with Gasteiger partial charge in [-0.05, 0) is 11.5 Å². The molecule has 0 bridgehead atoms. The van der Waals surface area contributed by atoms with Gasteiger partial charge in [-0.25, -0.2) is 8.78 Å². The maximum absolute atomic E-state index is 13.5. The quantitative estimate of drug-likeness (QED) is 0.133. The Hall–Kier alpha value is -0.980. The van der Waals surface area contributed by atoms with E-state index < -0.39 is 57.4 Å². The smallest absolute Gasteiger partial charge is 0.459 e. The van der Waals surface area contributed by atoms with E-state index in [0.29, 0.717) is 12.3 Å². The SMILES string of the molecule is CC(C)C[P+](CCCOC(F)C(F)(F)C(F)(F)F)(CCCOC(F)C(F)(F)C(F)(F)F)Cc1ccccc1.[Cl-]. The average Bonchev–Trinajstić information content (AvgIpc) is 2.78. The van der Waals surface area contributed by atoms with E-state index in [2.05, 4.69) is 9.47 Å². The molecular formula is C23H30ClF12O2P. The molecule has 0 heterocycles. The molecule has 2 atom stereocenters. The second-order valence-corrected chi connectivity index (χ2v) is 13.6. The topological polar surface area (TPSA) is 18.5 Å². The summed E-state index contributed by atoms with van der Waals surface area (Å²) in [6, 6.07) is 8.73. The molecule has 0 spiro atoms. The minimum Gasteiger partial charge on any atom is -1.00 e. The first-order valence-corrected chi connectivity index (χ1v) is 14.1. The second kappa shape index (κ2) is 15.3. The van der Waals surface area contributed by atoms with Crippen molar-refractivity contribution in [3.63, 3.8) is 0 Å². The molecular weight excluding hydrogens is 603 g/mol. The van der Waals surface area contributed by atoms with Crippen molar-refractivity contribution in [2.45, 2.75) is 69.8 Å². The Morgan fingerprint density at radius 1 is 0.692 bits per heavy atom. The van der Waals surface area contributed by atoms with Crippen molar-refractivity contribution in [2.24, 2.45) is 5.92 Å². The number of halogens is 13. The van der Waals surface area contributed by atoms with Crippen molar-refractivity contribution in [3.8, 4) is 0 Å². The zero-order valence-electron chi connectivity index (χ0n) is 21.0. The molecule has 230 valence electrons. The Bertz CT molecular complexity index is 782. The minimum atomic E-state index is -6.15. The highest BCUT2D eigenvalue weighted by Crippen LogP contribution is 2.63. The summed E-state index contributed by atoms with van der Waals surface area (Å²) in [6.07, 6.45) is -19.1. The van der Waals surface area contributed by atoms with Gasteiger partial charge in [0, 0.05) is 20.1 Å². The summed E-state index contributed by atoms with van der Waals surface area (Å²) in [5, 5.41) is 0. The Kier molecular flexibility index (Phi) is 14.9. The molecule has 0 fully saturated rings. The molecule has 0 saturated heterocycles. The van der Waals surface area contributed by atoms with E-state index in [-0.39, 0.29) is 43.5 Å². The molecule has 39 heavy (non-hydrogen) atoms. The van der Waals surface area contributed by atoms with Crippen molar-refractivity contribution in [3.05, 3.63) is 35.9 Å². The lowest BCUT2D eigenvalue weighted by Gasteiger charge is -2.30. The van der Waals surface area contributed by atoms with E-state index in [1.54, 1.807) is 30.3 Å². The standard InChI is InChI=1S/C23H30F12O2P.ClH/c1-16(2)14-38(15-17-8-4-3-5-9-17,12-6-10-36-18(24)20(26,27)22(30,31)32)13-7-11-37-19(25)21(28,29)23(33,34)35;/h3-5,8-9,16,18-19H,6-7,10-15H2,1-2H3;1H/q+1;/p-1. The number of benzene rings is 1. The highest BCUT2D eigenvalue weighted by molar-refractivity contribution is 7.75. The zero-order valence-corrected chi connectivity index (χ0v) is 22.6. The van der Waals surface area contributed by atoms with E-state index in [1.165, 1.54) is 0 Å². The fourth-order valence-electron chi connectivity index (χ4n) is 3.90. The summed E-state index contributed by atoms with van der Waals surface area (Å²) in [7, 11) is -2.26. The van der Waals surface area contributed by atoms with Crippen LogP contribution in [0.1, 0.15) is 32.3 Å². The summed E-state index contributed by atoms with van der Waals surface area (Å²) in [5.41, 5.74) is 0.822. The predicted molar refractivity (Wildman–Crippen MR) is 119 cm³/mol. The van der Waals surface area contributed by atoms with E-state index in [4.69, 9.17) is 0 Å². The third-order valence-corrected chi connectivity index (χ3v) is 10.6. The molecule has 0 saturated carbocycles. The van der Waals surface area contributed by atoms with Gasteiger partial charge < -0.3 is 21.9 Å². The van der Waals surface area contributed by atoms with E-state index in [9.17, 15) is 52.7 Å². The van der Waals surface area contributed by atoms with Crippen LogP contribution in [0.25, 0.3) is 0 Å². The van der Waals surface area contributed by atoms with Crippen LogP contribution in [0, 0.1) is 5.92 Å². The van der Waals surface area contributed by atoms with Gasteiger partial charge in [0.05, 0.1) is 37.9 Å². The Morgan fingerprint density at radius 3 is 1.41 bits per heavy atom. The van der Waals surface area contributed by atoms with Crippen molar-refractivity contribution < 1.29 is 74.6 Å². The number of ether oxygens (including phenoxy) is 2. The maximum atomic E-state index is 13.5. The molecule has 2 nitrogen and oxygen atoms in total. The molecule has 0 aromatic heterocycles. The molecule has 0 aliphatic rings. The monoisotopic (exact) mass is 632 g/mol. The molecule has 0 amide bonds. The Labute approximate surface area is 225 Å². The minimum absolute atomic E-state index is 0. The van der Waals surface area contributed by atoms with Crippen molar-refractivity contribution in [2.75, 3.05) is 31.7 Å². The first kappa shape index (κ1) is 38.0. The normalized spacial score (nSPS) is 16.5. The van der Waals surface area contributed by atoms with E-state index in [0.717, 1.165) is 5.56 Å². The van der Waals surface area contributed by atoms with Crippen LogP contribution in [0.5, 0.6) is 0 Å². The lowest BCUT2D eigenvalue weighted by molar-refractivity contribution is -0.341. The van der Waals surface area contributed by atoms with Gasteiger partial charge in [0.15, 0.2) is 0 Å². The molecule has 0 aliphatic carbocycles. The first-order chi connectivity index (χ1) is 17.3. The molecule has 1 aromatic rings. The Balaban J connectivity index is 0.0000144. The summed E-state index contributed by atoms with van der Waals surface area (Å²) in [5.74, 6) is -11.4. The lowest BCUT2D eigenvalue weighted by atomic mass is 10.2. The summed E-state index contributed by atoms with van der Waals surface area (Å²) in [6.45, 7) is 2.13. The summed E-state index contributed by atoms with van der Waals surface area (Å²) in [4.78, 5) is 0.